The highest BCUT2D eigenvalue weighted by atomic mass is 35.5. The molecule has 0 saturated carbocycles. The van der Waals surface area contributed by atoms with E-state index in [1.54, 1.807) is 4.90 Å². The molecule has 0 spiro atoms. The summed E-state index contributed by atoms with van der Waals surface area (Å²) in [5.74, 6) is -2.06. The first-order valence-corrected chi connectivity index (χ1v) is 6.04. The van der Waals surface area contributed by atoms with Gasteiger partial charge in [-0.15, -0.1) is 12.4 Å². The van der Waals surface area contributed by atoms with Crippen molar-refractivity contribution < 1.29 is 13.6 Å². The monoisotopic (exact) mass is 290 g/mol. The fourth-order valence-electron chi connectivity index (χ4n) is 2.20. The molecule has 19 heavy (non-hydrogen) atoms. The van der Waals surface area contributed by atoms with Crippen molar-refractivity contribution in [3.63, 3.8) is 0 Å². The van der Waals surface area contributed by atoms with Crippen molar-refractivity contribution in [3.05, 3.63) is 35.4 Å². The number of piperidine rings is 1. The summed E-state index contributed by atoms with van der Waals surface area (Å²) >= 11 is 0. The van der Waals surface area contributed by atoms with E-state index in [9.17, 15) is 13.6 Å². The maximum atomic E-state index is 13.4. The molecule has 3 nitrogen and oxygen atoms in total. The number of nitrogens with zero attached hydrogens (tertiary/aromatic N) is 1. The first kappa shape index (κ1) is 15.9. The molecule has 1 atom stereocenters. The average molecular weight is 291 g/mol. The van der Waals surface area contributed by atoms with Gasteiger partial charge in [-0.2, -0.15) is 0 Å². The van der Waals surface area contributed by atoms with E-state index in [-0.39, 0.29) is 36.3 Å². The van der Waals surface area contributed by atoms with E-state index in [2.05, 4.69) is 0 Å². The third-order valence-corrected chi connectivity index (χ3v) is 3.18. The van der Waals surface area contributed by atoms with Crippen LogP contribution in [0.5, 0.6) is 0 Å². The van der Waals surface area contributed by atoms with Gasteiger partial charge in [0.05, 0.1) is 6.42 Å². The zero-order chi connectivity index (χ0) is 13.1. The lowest BCUT2D eigenvalue weighted by molar-refractivity contribution is -0.131. The Morgan fingerprint density at radius 1 is 1.42 bits per heavy atom. The summed E-state index contributed by atoms with van der Waals surface area (Å²) in [5, 5.41) is 0. The molecular formula is C13H17ClF2N2O. The summed E-state index contributed by atoms with van der Waals surface area (Å²) in [6.45, 7) is 1.14. The fraction of sp³-hybridized carbons (Fsp3) is 0.462. The molecule has 0 radical (unpaired) electrons. The van der Waals surface area contributed by atoms with Gasteiger partial charge in [-0.25, -0.2) is 8.78 Å². The SMILES string of the molecule is Cl.N[C@@H]1CCCN(C(=O)Cc2cccc(F)c2F)C1. The molecule has 1 aromatic rings. The quantitative estimate of drug-likeness (QED) is 0.904. The van der Waals surface area contributed by atoms with Crippen LogP contribution < -0.4 is 5.73 Å². The van der Waals surface area contributed by atoms with Gasteiger partial charge in [0.1, 0.15) is 0 Å². The third kappa shape index (κ3) is 3.88. The molecule has 0 aliphatic carbocycles. The molecule has 2 N–H and O–H groups in total. The Labute approximate surface area is 117 Å². The Morgan fingerprint density at radius 3 is 2.84 bits per heavy atom. The van der Waals surface area contributed by atoms with Crippen LogP contribution in [0.3, 0.4) is 0 Å². The second-order valence-electron chi connectivity index (χ2n) is 4.63. The maximum absolute atomic E-state index is 13.4. The second kappa shape index (κ2) is 6.82. The minimum atomic E-state index is -0.938. The van der Waals surface area contributed by atoms with Gasteiger partial charge in [0.25, 0.3) is 0 Å². The van der Waals surface area contributed by atoms with Crippen molar-refractivity contribution in [2.75, 3.05) is 13.1 Å². The van der Waals surface area contributed by atoms with Crippen LogP contribution in [0.2, 0.25) is 0 Å². The molecule has 1 aliphatic heterocycles. The summed E-state index contributed by atoms with van der Waals surface area (Å²) in [6.07, 6.45) is 1.65. The van der Waals surface area contributed by atoms with E-state index in [1.807, 2.05) is 0 Å². The van der Waals surface area contributed by atoms with E-state index in [0.29, 0.717) is 13.1 Å². The molecule has 1 saturated heterocycles. The van der Waals surface area contributed by atoms with E-state index >= 15 is 0 Å². The van der Waals surface area contributed by atoms with Crippen LogP contribution in [-0.4, -0.2) is 29.9 Å². The van der Waals surface area contributed by atoms with Crippen LogP contribution in [-0.2, 0) is 11.2 Å². The van der Waals surface area contributed by atoms with Gasteiger partial charge in [0.15, 0.2) is 11.6 Å². The molecule has 1 aliphatic rings. The molecule has 0 bridgehead atoms. The highest BCUT2D eigenvalue weighted by Gasteiger charge is 2.22. The number of halogens is 3. The molecular weight excluding hydrogens is 274 g/mol. The summed E-state index contributed by atoms with van der Waals surface area (Å²) in [4.78, 5) is 13.6. The summed E-state index contributed by atoms with van der Waals surface area (Å²) in [7, 11) is 0. The van der Waals surface area contributed by atoms with E-state index in [4.69, 9.17) is 5.73 Å². The summed E-state index contributed by atoms with van der Waals surface area (Å²) < 4.78 is 26.4. The Morgan fingerprint density at radius 2 is 2.16 bits per heavy atom. The molecule has 0 aromatic heterocycles. The van der Waals surface area contributed by atoms with Gasteiger partial charge in [0, 0.05) is 24.7 Å². The van der Waals surface area contributed by atoms with Gasteiger partial charge in [-0.05, 0) is 18.9 Å². The number of hydrogen-bond donors (Lipinski definition) is 1. The first-order valence-electron chi connectivity index (χ1n) is 6.04. The van der Waals surface area contributed by atoms with Crippen LogP contribution in [0.15, 0.2) is 18.2 Å². The number of nitrogens with two attached hydrogens (primary N) is 1. The molecule has 6 heteroatoms. The average Bonchev–Trinajstić information content (AvgIpc) is 2.35. The normalized spacial score (nSPS) is 18.9. The van der Waals surface area contributed by atoms with Gasteiger partial charge in [-0.3, -0.25) is 4.79 Å². The molecule has 2 rings (SSSR count). The van der Waals surface area contributed by atoms with Crippen LogP contribution in [0.4, 0.5) is 8.78 Å². The lowest BCUT2D eigenvalue weighted by Gasteiger charge is -2.30. The van der Waals surface area contributed by atoms with Crippen molar-refractivity contribution in [2.45, 2.75) is 25.3 Å². The molecule has 1 aromatic carbocycles. The molecule has 1 amide bonds. The smallest absolute Gasteiger partial charge is 0.227 e. The fourth-order valence-corrected chi connectivity index (χ4v) is 2.20. The van der Waals surface area contributed by atoms with Gasteiger partial charge < -0.3 is 10.6 Å². The highest BCUT2D eigenvalue weighted by molar-refractivity contribution is 5.85. The predicted molar refractivity (Wildman–Crippen MR) is 71.1 cm³/mol. The van der Waals surface area contributed by atoms with E-state index < -0.39 is 11.6 Å². The van der Waals surface area contributed by atoms with Crippen molar-refractivity contribution in [1.29, 1.82) is 0 Å². The van der Waals surface area contributed by atoms with Crippen LogP contribution >= 0.6 is 12.4 Å². The minimum absolute atomic E-state index is 0. The van der Waals surface area contributed by atoms with Gasteiger partial charge >= 0.3 is 0 Å². The summed E-state index contributed by atoms with van der Waals surface area (Å²) in [5.41, 5.74) is 5.88. The highest BCUT2D eigenvalue weighted by Crippen LogP contribution is 2.15. The summed E-state index contributed by atoms with van der Waals surface area (Å²) in [6, 6.07) is 3.86. The van der Waals surface area contributed by atoms with Crippen molar-refractivity contribution in [1.82, 2.24) is 4.90 Å². The number of likely N-dealkylation sites (tertiary alicyclic amines) is 1. The Hall–Kier alpha value is -1.20. The number of rotatable bonds is 2. The largest absolute Gasteiger partial charge is 0.341 e. The molecule has 1 fully saturated rings. The Bertz CT molecular complexity index is 456. The van der Waals surface area contributed by atoms with E-state index in [1.165, 1.54) is 12.1 Å². The first-order chi connectivity index (χ1) is 8.58. The van der Waals surface area contributed by atoms with Crippen molar-refractivity contribution in [2.24, 2.45) is 5.73 Å². The third-order valence-electron chi connectivity index (χ3n) is 3.18. The number of hydrogen-bond acceptors (Lipinski definition) is 2. The number of carbonyl (C=O) groups is 1. The van der Waals surface area contributed by atoms with Gasteiger partial charge in [0.2, 0.25) is 5.91 Å². The van der Waals surface area contributed by atoms with Crippen LogP contribution in [0, 0.1) is 11.6 Å². The zero-order valence-corrected chi connectivity index (χ0v) is 11.3. The molecule has 106 valence electrons. The van der Waals surface area contributed by atoms with Gasteiger partial charge in [-0.1, -0.05) is 12.1 Å². The lowest BCUT2D eigenvalue weighted by atomic mass is 10.0. The van der Waals surface area contributed by atoms with Crippen molar-refractivity contribution >= 4 is 18.3 Å². The standard InChI is InChI=1S/C13H16F2N2O.ClH/c14-11-5-1-3-9(13(11)15)7-12(18)17-6-2-4-10(16)8-17;/h1,3,5,10H,2,4,6-8,16H2;1H/t10-;/m1./s1. The Kier molecular flexibility index (Phi) is 5.69. The zero-order valence-electron chi connectivity index (χ0n) is 10.4. The topological polar surface area (TPSA) is 46.3 Å². The minimum Gasteiger partial charge on any atom is -0.341 e. The second-order valence-corrected chi connectivity index (χ2v) is 4.63. The van der Waals surface area contributed by atoms with Crippen molar-refractivity contribution in [3.8, 4) is 0 Å². The number of carbonyl (C=O) groups excluding carboxylic acids is 1. The van der Waals surface area contributed by atoms with Crippen LogP contribution in [0.25, 0.3) is 0 Å². The number of benzene rings is 1. The molecule has 1 heterocycles. The maximum Gasteiger partial charge on any atom is 0.227 e. The predicted octanol–water partition coefficient (Wildman–Crippen LogP) is 1.88. The van der Waals surface area contributed by atoms with Crippen LogP contribution in [0.1, 0.15) is 18.4 Å². The van der Waals surface area contributed by atoms with E-state index in [0.717, 1.165) is 18.9 Å². The number of amides is 1. The Balaban J connectivity index is 0.00000180. The lowest BCUT2D eigenvalue weighted by Crippen LogP contribution is -2.46. The molecule has 0 unspecified atom stereocenters.